The van der Waals surface area contributed by atoms with Crippen molar-refractivity contribution in [2.24, 2.45) is 0 Å². The molecule has 0 radical (unpaired) electrons. The van der Waals surface area contributed by atoms with Crippen LogP contribution >= 0.6 is 11.6 Å². The van der Waals surface area contributed by atoms with Crippen LogP contribution in [0.1, 0.15) is 0 Å². The van der Waals surface area contributed by atoms with Crippen molar-refractivity contribution in [1.82, 2.24) is 0 Å². The highest BCUT2D eigenvalue weighted by Gasteiger charge is 1.99. The number of nitrogens with zero attached hydrogens (tertiary/aromatic N) is 3. The Labute approximate surface area is 78.1 Å². The monoisotopic (exact) mass is 201 g/mol. The van der Waals surface area contributed by atoms with E-state index in [-0.39, 0.29) is 0 Å². The molecular formula is C6H4ClN3O3. The van der Waals surface area contributed by atoms with Crippen molar-refractivity contribution < 1.29 is 5.09 Å². The summed E-state index contributed by atoms with van der Waals surface area (Å²) in [5.74, 6) is 0. The lowest BCUT2D eigenvalue weighted by molar-refractivity contribution is -0.402. The van der Waals surface area contributed by atoms with E-state index in [1.807, 2.05) is 0 Å². The third-order valence-electron chi connectivity index (χ3n) is 0.942. The van der Waals surface area contributed by atoms with Gasteiger partial charge in [0.1, 0.15) is 0 Å². The lowest BCUT2D eigenvalue weighted by atomic mass is 10.3. The molecule has 7 heteroatoms. The summed E-state index contributed by atoms with van der Waals surface area (Å²) in [4.78, 5) is 11.2. The minimum absolute atomic E-state index is 0.513. The third kappa shape index (κ3) is 6.52. The quantitative estimate of drug-likeness (QED) is 0.366. The Hall–Kier alpha value is -1.87. The van der Waals surface area contributed by atoms with Gasteiger partial charge in [-0.15, -0.1) is 0 Å². The third-order valence-corrected chi connectivity index (χ3v) is 1.19. The van der Waals surface area contributed by atoms with Crippen LogP contribution in [0.15, 0.2) is 24.3 Å². The molecule has 0 spiro atoms. The van der Waals surface area contributed by atoms with Gasteiger partial charge in [-0.3, -0.25) is 0 Å². The first kappa shape index (κ1) is 11.1. The van der Waals surface area contributed by atoms with Crippen LogP contribution in [0.5, 0.6) is 0 Å². The van der Waals surface area contributed by atoms with E-state index in [2.05, 4.69) is 4.98 Å². The Bertz CT molecular complexity index is 315. The molecule has 1 aromatic carbocycles. The Morgan fingerprint density at radius 1 is 1.31 bits per heavy atom. The summed E-state index contributed by atoms with van der Waals surface area (Å²) >= 11 is 5.55. The first-order chi connectivity index (χ1) is 6.06. The van der Waals surface area contributed by atoms with E-state index in [0.717, 1.165) is 0 Å². The van der Waals surface area contributed by atoms with Gasteiger partial charge in [-0.1, -0.05) is 11.6 Å². The molecule has 0 amide bonds. The molecule has 0 atom stereocenters. The number of hydrogen-bond acceptors (Lipinski definition) is 4. The zero-order valence-corrected chi connectivity index (χ0v) is 7.01. The molecule has 0 saturated carbocycles. The highest BCUT2D eigenvalue weighted by molar-refractivity contribution is 6.30. The molecule has 0 aliphatic heterocycles. The average Bonchev–Trinajstić information content (AvgIpc) is 2.05. The Balaban J connectivity index is 0.000000310. The maximum Gasteiger partial charge on any atom is 0.385 e. The summed E-state index contributed by atoms with van der Waals surface area (Å²) in [6.45, 7) is 0. The van der Waals surface area contributed by atoms with Crippen molar-refractivity contribution in [1.29, 1.82) is 5.39 Å². The van der Waals surface area contributed by atoms with Crippen molar-refractivity contribution in [3.05, 3.63) is 49.6 Å². The molecule has 0 aliphatic carbocycles. The van der Waals surface area contributed by atoms with Crippen LogP contribution in [0.25, 0.3) is 4.98 Å². The molecule has 1 rings (SSSR count). The van der Waals surface area contributed by atoms with E-state index in [9.17, 15) is 0 Å². The minimum Gasteiger partial charge on any atom is -0.356 e. The van der Waals surface area contributed by atoms with Gasteiger partial charge in [-0.2, -0.15) is 0 Å². The normalized spacial score (nSPS) is 7.69. The molecule has 13 heavy (non-hydrogen) atoms. The highest BCUT2D eigenvalue weighted by atomic mass is 35.5. The van der Waals surface area contributed by atoms with Gasteiger partial charge >= 0.3 is 5.69 Å². The summed E-state index contributed by atoms with van der Waals surface area (Å²) in [6, 6.07) is 6.58. The summed E-state index contributed by atoms with van der Waals surface area (Å²) in [5, 5.41) is 23.6. The van der Waals surface area contributed by atoms with Gasteiger partial charge in [0.2, 0.25) is 5.39 Å². The predicted octanol–water partition coefficient (Wildman–Crippen LogP) is 2.59. The van der Waals surface area contributed by atoms with Crippen LogP contribution in [0.2, 0.25) is 5.02 Å². The molecule has 0 unspecified atom stereocenters. The number of benzene rings is 1. The van der Waals surface area contributed by atoms with Crippen molar-refractivity contribution in [3.63, 3.8) is 0 Å². The van der Waals surface area contributed by atoms with Gasteiger partial charge in [0.05, 0.1) is 5.09 Å². The van der Waals surface area contributed by atoms with Crippen molar-refractivity contribution in [2.75, 3.05) is 0 Å². The molecule has 0 saturated heterocycles. The molecule has 0 aromatic heterocycles. The molecule has 6 nitrogen and oxygen atoms in total. The number of halogens is 1. The van der Waals surface area contributed by atoms with E-state index >= 15 is 0 Å². The molecular weight excluding hydrogens is 198 g/mol. The van der Waals surface area contributed by atoms with Gasteiger partial charge in [-0.25, -0.2) is 0 Å². The second-order valence-electron chi connectivity index (χ2n) is 1.80. The van der Waals surface area contributed by atoms with Crippen molar-refractivity contribution >= 4 is 17.3 Å². The van der Waals surface area contributed by atoms with E-state index < -0.39 is 5.09 Å². The van der Waals surface area contributed by atoms with Crippen molar-refractivity contribution in [2.45, 2.75) is 0 Å². The van der Waals surface area contributed by atoms with Crippen LogP contribution in [0.3, 0.4) is 0 Å². The SMILES string of the molecule is N#[N+]c1ccc(Cl)cc1.O=[N+]([O-])[O-]. The second-order valence-corrected chi connectivity index (χ2v) is 2.24. The Morgan fingerprint density at radius 2 is 1.69 bits per heavy atom. The number of hydrogen-bond donors (Lipinski definition) is 0. The largest absolute Gasteiger partial charge is 0.385 e. The number of rotatable bonds is 0. The van der Waals surface area contributed by atoms with Gasteiger partial charge in [0.25, 0.3) is 0 Å². The van der Waals surface area contributed by atoms with Crippen LogP contribution in [-0.2, 0) is 0 Å². The molecule has 0 N–H and O–H groups in total. The predicted molar refractivity (Wildman–Crippen MR) is 46.6 cm³/mol. The summed E-state index contributed by atoms with van der Waals surface area (Å²) in [5.41, 5.74) is 0.513. The lowest BCUT2D eigenvalue weighted by Gasteiger charge is -1.78. The van der Waals surface area contributed by atoms with Gasteiger partial charge in [-0.05, 0) is 12.1 Å². The van der Waals surface area contributed by atoms with E-state index in [0.29, 0.717) is 10.7 Å². The molecule has 0 heterocycles. The van der Waals surface area contributed by atoms with Crippen molar-refractivity contribution in [3.8, 4) is 0 Å². The first-order valence-electron chi connectivity index (χ1n) is 2.98. The van der Waals surface area contributed by atoms with Gasteiger partial charge < -0.3 is 15.3 Å². The zero-order chi connectivity index (χ0) is 10.3. The Kier molecular flexibility index (Phi) is 4.91. The van der Waals surface area contributed by atoms with E-state index in [4.69, 9.17) is 32.3 Å². The van der Waals surface area contributed by atoms with Crippen LogP contribution in [0.4, 0.5) is 5.69 Å². The van der Waals surface area contributed by atoms with Gasteiger partial charge in [0.15, 0.2) is 4.98 Å². The van der Waals surface area contributed by atoms with E-state index in [1.54, 1.807) is 24.3 Å². The Morgan fingerprint density at radius 3 is 2.00 bits per heavy atom. The number of diazo groups is 1. The maximum absolute atomic E-state index is 8.25. The summed E-state index contributed by atoms with van der Waals surface area (Å²) in [7, 11) is 0. The smallest absolute Gasteiger partial charge is 0.356 e. The summed E-state index contributed by atoms with van der Waals surface area (Å²) < 4.78 is 0. The topological polar surface area (TPSA) is 94.3 Å². The zero-order valence-electron chi connectivity index (χ0n) is 6.25. The lowest BCUT2D eigenvalue weighted by Crippen LogP contribution is -1.74. The maximum atomic E-state index is 8.25. The molecule has 68 valence electrons. The fraction of sp³-hybridized carbons (Fsp3) is 0. The molecule has 1 aromatic rings. The van der Waals surface area contributed by atoms with E-state index in [1.165, 1.54) is 0 Å². The molecule has 0 bridgehead atoms. The average molecular weight is 202 g/mol. The second kappa shape index (κ2) is 5.74. The van der Waals surface area contributed by atoms with Crippen LogP contribution in [-0.4, -0.2) is 5.09 Å². The molecule has 0 aliphatic rings. The summed E-state index contributed by atoms with van der Waals surface area (Å²) in [6.07, 6.45) is 0. The minimum atomic E-state index is -1.75. The molecule has 0 fully saturated rings. The van der Waals surface area contributed by atoms with Crippen LogP contribution in [0, 0.1) is 20.7 Å². The fourth-order valence-electron chi connectivity index (χ4n) is 0.508. The fourth-order valence-corrected chi connectivity index (χ4v) is 0.634. The standard InChI is InChI=1S/C6H4ClN2.NO3/c7-5-1-3-6(9-8)4-2-5;2-1(3)4/h1-4H;/q+1;-1. The van der Waals surface area contributed by atoms with Crippen LogP contribution < -0.4 is 0 Å². The first-order valence-corrected chi connectivity index (χ1v) is 3.36. The van der Waals surface area contributed by atoms with Gasteiger partial charge in [0, 0.05) is 17.2 Å². The highest BCUT2D eigenvalue weighted by Crippen LogP contribution is 2.15.